The van der Waals surface area contributed by atoms with Crippen molar-refractivity contribution in [3.05, 3.63) is 12.2 Å². The number of hydrogen-bond donors (Lipinski definition) is 12. The molecule has 17 unspecified atom stereocenters. The third kappa shape index (κ3) is 51.2. The molecule has 19 nitrogen and oxygen atoms in total. The van der Waals surface area contributed by atoms with Crippen LogP contribution in [0.4, 0.5) is 0 Å². The van der Waals surface area contributed by atoms with Crippen LogP contribution in [0.25, 0.3) is 0 Å². The van der Waals surface area contributed by atoms with Gasteiger partial charge in [0.25, 0.3) is 0 Å². The summed E-state index contributed by atoms with van der Waals surface area (Å²) in [6.45, 7) is 1.83. The summed E-state index contributed by atoms with van der Waals surface area (Å²) in [5.74, 6) is -0.264. The number of rotatable bonds is 80. The highest BCUT2D eigenvalue weighted by atomic mass is 16.8. The average Bonchev–Trinajstić information content (AvgIpc) is 0.781. The Morgan fingerprint density at radius 2 is 0.554 bits per heavy atom. The fraction of sp³-hybridized carbons (Fsp3) is 0.968. The standard InChI is InChI=1S/C93H179NO18/c1-3-5-7-9-11-13-15-17-19-21-23-25-27-29-31-33-35-37-38-39-41-43-45-47-49-51-53-55-57-59-61-63-65-67-69-71-81(99)94-76(77(98)70-68-66-64-62-60-58-56-54-52-50-48-46-44-42-40-36-34-32-30-28-26-24-22-20-18-16-14-12-10-8-6-4-2)75-107-91-87(105)84(102)89(79(73-96)109-91)112-93-88(106)85(103)90(80(74-97)110-93)111-92-86(104)83(101)82(100)78(72-95)108-92/h68,70,76-80,82-93,95-98,100-106H,3-67,69,71-75H2,1-2H3,(H,94,99)/b70-68+. The molecule has 3 aliphatic rings. The molecule has 19 heteroatoms. The van der Waals surface area contributed by atoms with E-state index in [2.05, 4.69) is 19.2 Å². The molecule has 3 saturated heterocycles. The van der Waals surface area contributed by atoms with Crippen molar-refractivity contribution in [1.82, 2.24) is 5.32 Å². The van der Waals surface area contributed by atoms with Crippen molar-refractivity contribution in [1.29, 1.82) is 0 Å². The Labute approximate surface area is 684 Å². The number of hydrogen-bond acceptors (Lipinski definition) is 18. The van der Waals surface area contributed by atoms with E-state index >= 15 is 0 Å². The fourth-order valence-corrected chi connectivity index (χ4v) is 16.7. The molecule has 3 heterocycles. The van der Waals surface area contributed by atoms with Crippen molar-refractivity contribution >= 4 is 5.91 Å². The summed E-state index contributed by atoms with van der Waals surface area (Å²) < 4.78 is 34.6. The SMILES string of the molecule is CCCCCCCCCCCCCCCCCCCCCCCCCCCCCCCC/C=C/C(O)C(COC1OC(CO)C(OC2OC(CO)C(OC3OC(CO)C(O)C(O)C3O)C(O)C2O)C(O)C1O)NC(=O)CCCCCCCCCCCCCCCCCCCCCCCCCCCCCCCCCCCCC. The number of carbonyl (C=O) groups excluding carboxylic acids is 1. The van der Waals surface area contributed by atoms with Crippen molar-refractivity contribution in [3.8, 4) is 0 Å². The van der Waals surface area contributed by atoms with Gasteiger partial charge in [0.1, 0.15) is 73.2 Å². The molecule has 664 valence electrons. The molecule has 0 radical (unpaired) electrons. The number of unbranched alkanes of at least 4 members (excludes halogenated alkanes) is 64. The number of amides is 1. The van der Waals surface area contributed by atoms with Crippen molar-refractivity contribution in [2.24, 2.45) is 0 Å². The normalized spacial score (nSPS) is 24.9. The van der Waals surface area contributed by atoms with E-state index in [0.717, 1.165) is 44.9 Å². The molecular weight excluding hydrogens is 1420 g/mol. The molecule has 1 amide bonds. The molecule has 0 spiro atoms. The lowest BCUT2D eigenvalue weighted by Crippen LogP contribution is -2.66. The van der Waals surface area contributed by atoms with Gasteiger partial charge in [-0.05, 0) is 19.3 Å². The van der Waals surface area contributed by atoms with E-state index in [0.29, 0.717) is 6.42 Å². The molecule has 0 bridgehead atoms. The van der Waals surface area contributed by atoms with Crippen LogP contribution in [0.15, 0.2) is 12.2 Å². The lowest BCUT2D eigenvalue weighted by Gasteiger charge is -2.48. The van der Waals surface area contributed by atoms with E-state index < -0.39 is 124 Å². The number of ether oxygens (including phenoxy) is 6. The van der Waals surface area contributed by atoms with Gasteiger partial charge in [0.05, 0.1) is 38.6 Å². The maximum atomic E-state index is 13.5. The summed E-state index contributed by atoms with van der Waals surface area (Å²) in [7, 11) is 0. The first kappa shape index (κ1) is 105. The van der Waals surface area contributed by atoms with Crippen molar-refractivity contribution in [3.63, 3.8) is 0 Å². The molecule has 3 aliphatic heterocycles. The highest BCUT2D eigenvalue weighted by Crippen LogP contribution is 2.34. The topological polar surface area (TPSA) is 307 Å². The van der Waals surface area contributed by atoms with Gasteiger partial charge in [0.15, 0.2) is 18.9 Å². The molecule has 17 atom stereocenters. The second-order valence-corrected chi connectivity index (χ2v) is 34.6. The first-order chi connectivity index (χ1) is 54.8. The summed E-state index contributed by atoms with van der Waals surface area (Å²) in [5, 5.41) is 121. The van der Waals surface area contributed by atoms with E-state index in [9.17, 15) is 61.0 Å². The number of carbonyl (C=O) groups is 1. The van der Waals surface area contributed by atoms with E-state index in [4.69, 9.17) is 28.4 Å². The quantitative estimate of drug-likeness (QED) is 0.0199. The first-order valence-corrected chi connectivity index (χ1v) is 47.9. The largest absolute Gasteiger partial charge is 0.394 e. The van der Waals surface area contributed by atoms with Crippen molar-refractivity contribution in [2.45, 2.75) is 548 Å². The smallest absolute Gasteiger partial charge is 0.220 e. The predicted octanol–water partition coefficient (Wildman–Crippen LogP) is 19.0. The molecule has 3 fully saturated rings. The van der Waals surface area contributed by atoms with Crippen LogP contribution in [0.5, 0.6) is 0 Å². The molecule has 0 aromatic rings. The third-order valence-electron chi connectivity index (χ3n) is 24.3. The van der Waals surface area contributed by atoms with Gasteiger partial charge in [-0.3, -0.25) is 4.79 Å². The van der Waals surface area contributed by atoms with Crippen LogP contribution in [0.1, 0.15) is 444 Å². The van der Waals surface area contributed by atoms with Crippen LogP contribution in [-0.4, -0.2) is 193 Å². The van der Waals surface area contributed by atoms with Crippen molar-refractivity contribution in [2.75, 3.05) is 26.4 Å². The zero-order chi connectivity index (χ0) is 81.0. The fourth-order valence-electron chi connectivity index (χ4n) is 16.7. The highest BCUT2D eigenvalue weighted by molar-refractivity contribution is 5.76. The highest BCUT2D eigenvalue weighted by Gasteiger charge is 2.54. The summed E-state index contributed by atoms with van der Waals surface area (Å²) in [4.78, 5) is 13.5. The van der Waals surface area contributed by atoms with Crippen LogP contribution >= 0.6 is 0 Å². The van der Waals surface area contributed by atoms with Crippen LogP contribution in [0, 0.1) is 0 Å². The Morgan fingerprint density at radius 3 is 0.839 bits per heavy atom. The summed E-state index contributed by atoms with van der Waals surface area (Å²) in [6.07, 6.45) is 65.3. The van der Waals surface area contributed by atoms with Gasteiger partial charge in [-0.15, -0.1) is 0 Å². The zero-order valence-electron chi connectivity index (χ0n) is 72.0. The predicted molar refractivity (Wildman–Crippen MR) is 453 cm³/mol. The zero-order valence-corrected chi connectivity index (χ0v) is 72.0. The van der Waals surface area contributed by atoms with E-state index in [-0.39, 0.29) is 18.9 Å². The lowest BCUT2D eigenvalue weighted by atomic mass is 9.96. The Kier molecular flexibility index (Phi) is 68.7. The second-order valence-electron chi connectivity index (χ2n) is 34.6. The minimum atomic E-state index is -1.98. The Hall–Kier alpha value is -1.47. The van der Waals surface area contributed by atoms with Crippen LogP contribution in [0.3, 0.4) is 0 Å². The molecule has 0 aromatic heterocycles. The third-order valence-corrected chi connectivity index (χ3v) is 24.3. The summed E-state index contributed by atoms with van der Waals surface area (Å²) >= 11 is 0. The summed E-state index contributed by atoms with van der Waals surface area (Å²) in [5.41, 5.74) is 0. The molecule has 3 rings (SSSR count). The molecule has 0 saturated carbocycles. The number of allylic oxidation sites excluding steroid dienone is 1. The van der Waals surface area contributed by atoms with Crippen molar-refractivity contribution < 1.29 is 89.4 Å². The number of aliphatic hydroxyl groups excluding tert-OH is 11. The minimum absolute atomic E-state index is 0.251. The monoisotopic (exact) mass is 1600 g/mol. The molecule has 112 heavy (non-hydrogen) atoms. The maximum absolute atomic E-state index is 13.5. The van der Waals surface area contributed by atoms with Gasteiger partial charge in [-0.1, -0.05) is 431 Å². The van der Waals surface area contributed by atoms with Gasteiger partial charge < -0.3 is 89.9 Å². The van der Waals surface area contributed by atoms with Gasteiger partial charge in [-0.2, -0.15) is 0 Å². The Balaban J connectivity index is 1.30. The van der Waals surface area contributed by atoms with Gasteiger partial charge in [0, 0.05) is 6.42 Å². The summed E-state index contributed by atoms with van der Waals surface area (Å²) in [6, 6.07) is -0.972. The Morgan fingerprint density at radius 1 is 0.312 bits per heavy atom. The van der Waals surface area contributed by atoms with Crippen LogP contribution in [0.2, 0.25) is 0 Å². The number of nitrogens with one attached hydrogen (secondary N) is 1. The van der Waals surface area contributed by atoms with E-state index in [1.807, 2.05) is 6.08 Å². The number of aliphatic hydroxyl groups is 11. The lowest BCUT2D eigenvalue weighted by molar-refractivity contribution is -0.379. The van der Waals surface area contributed by atoms with Gasteiger partial charge >= 0.3 is 0 Å². The molecule has 12 N–H and O–H groups in total. The maximum Gasteiger partial charge on any atom is 0.220 e. The average molecular weight is 1600 g/mol. The molecule has 0 aliphatic carbocycles. The van der Waals surface area contributed by atoms with Crippen LogP contribution < -0.4 is 5.32 Å². The minimum Gasteiger partial charge on any atom is -0.394 e. The van der Waals surface area contributed by atoms with E-state index in [1.54, 1.807) is 6.08 Å². The van der Waals surface area contributed by atoms with E-state index in [1.165, 1.54) is 372 Å². The molecular formula is C93H179NO18. The first-order valence-electron chi connectivity index (χ1n) is 47.9. The second kappa shape index (κ2) is 73.5. The van der Waals surface area contributed by atoms with Crippen LogP contribution in [-0.2, 0) is 33.2 Å². The van der Waals surface area contributed by atoms with Gasteiger partial charge in [0.2, 0.25) is 5.91 Å². The van der Waals surface area contributed by atoms with Gasteiger partial charge in [-0.25, -0.2) is 0 Å². The Bertz CT molecular complexity index is 2060. The molecule has 0 aromatic carbocycles.